The van der Waals surface area contributed by atoms with Gasteiger partial charge < -0.3 is 0 Å². The molecule has 0 aliphatic carbocycles. The number of thiazole rings is 1. The van der Waals surface area contributed by atoms with Crippen molar-refractivity contribution in [2.75, 3.05) is 0 Å². The van der Waals surface area contributed by atoms with Crippen LogP contribution in [0.4, 0.5) is 0 Å². The van der Waals surface area contributed by atoms with Crippen LogP contribution < -0.4 is 0 Å². The summed E-state index contributed by atoms with van der Waals surface area (Å²) in [6.45, 7) is 0. The van der Waals surface area contributed by atoms with Gasteiger partial charge in [0.1, 0.15) is 5.01 Å². The minimum atomic E-state index is 0.629. The molecule has 0 N–H and O–H groups in total. The largest absolute Gasteiger partial charge is 0.240 e. The zero-order chi connectivity index (χ0) is 9.42. The lowest BCUT2D eigenvalue weighted by atomic mass is 10.3. The molecule has 2 aromatic rings. The van der Waals surface area contributed by atoms with Gasteiger partial charge in [0.05, 0.1) is 20.6 Å². The molecule has 0 aliphatic heterocycles. The Hall–Kier alpha value is 0.170. The van der Waals surface area contributed by atoms with Gasteiger partial charge in [0.25, 0.3) is 0 Å². The highest BCUT2D eigenvalue weighted by Gasteiger charge is 2.07. The second-order valence-electron chi connectivity index (χ2n) is 2.48. The molecule has 0 bridgehead atoms. The van der Waals surface area contributed by atoms with Crippen molar-refractivity contribution < 1.29 is 0 Å². The van der Waals surface area contributed by atoms with E-state index >= 15 is 0 Å². The van der Waals surface area contributed by atoms with Crippen LogP contribution in [0.25, 0.3) is 10.2 Å². The molecular formula is C8H4BrCl2NS. The maximum absolute atomic E-state index is 6.00. The van der Waals surface area contributed by atoms with E-state index in [2.05, 4.69) is 20.9 Å². The van der Waals surface area contributed by atoms with Gasteiger partial charge in [0, 0.05) is 5.02 Å². The lowest BCUT2D eigenvalue weighted by molar-refractivity contribution is 1.32. The first-order valence-electron chi connectivity index (χ1n) is 3.51. The summed E-state index contributed by atoms with van der Waals surface area (Å²) in [6.07, 6.45) is 0. The first kappa shape index (κ1) is 9.71. The average molecular weight is 297 g/mol. The summed E-state index contributed by atoms with van der Waals surface area (Å²) < 4.78 is 1.00. The Morgan fingerprint density at radius 2 is 2.15 bits per heavy atom. The fraction of sp³-hybridized carbons (Fsp3) is 0.125. The number of halogens is 3. The predicted octanol–water partition coefficient (Wildman–Crippen LogP) is 4.50. The molecule has 1 nitrogen and oxygen atoms in total. The number of alkyl halides is 1. The smallest absolute Gasteiger partial charge is 0.104 e. The Kier molecular flexibility index (Phi) is 2.79. The molecule has 0 unspecified atom stereocenters. The molecule has 13 heavy (non-hydrogen) atoms. The summed E-state index contributed by atoms with van der Waals surface area (Å²) in [5, 5.41) is 3.07. The molecule has 2 rings (SSSR count). The fourth-order valence-electron chi connectivity index (χ4n) is 1.06. The normalized spacial score (nSPS) is 11.0. The average Bonchev–Trinajstić information content (AvgIpc) is 2.47. The van der Waals surface area contributed by atoms with Crippen LogP contribution in [0.3, 0.4) is 0 Å². The molecule has 0 radical (unpaired) electrons. The number of hydrogen-bond acceptors (Lipinski definition) is 2. The number of nitrogens with zero attached hydrogens (tertiary/aromatic N) is 1. The summed E-state index contributed by atoms with van der Waals surface area (Å²) >= 11 is 16.8. The van der Waals surface area contributed by atoms with Gasteiger partial charge in [-0.3, -0.25) is 0 Å². The Morgan fingerprint density at radius 3 is 2.85 bits per heavy atom. The Morgan fingerprint density at radius 1 is 1.38 bits per heavy atom. The number of benzene rings is 1. The second kappa shape index (κ2) is 3.73. The standard InChI is InChI=1S/C8H4BrCl2NS/c9-3-7-12-6-2-4(10)1-5(11)8(6)13-7/h1-2H,3H2. The minimum absolute atomic E-state index is 0.629. The number of aromatic nitrogens is 1. The van der Waals surface area contributed by atoms with Crippen LogP contribution in [0.2, 0.25) is 10.0 Å². The first-order chi connectivity index (χ1) is 6.20. The van der Waals surface area contributed by atoms with Gasteiger partial charge in [0.2, 0.25) is 0 Å². The van der Waals surface area contributed by atoms with E-state index in [1.807, 2.05) is 6.07 Å². The van der Waals surface area contributed by atoms with Gasteiger partial charge in [-0.2, -0.15) is 0 Å². The van der Waals surface area contributed by atoms with Crippen molar-refractivity contribution in [3.8, 4) is 0 Å². The highest BCUT2D eigenvalue weighted by Crippen LogP contribution is 2.32. The van der Waals surface area contributed by atoms with E-state index < -0.39 is 0 Å². The lowest BCUT2D eigenvalue weighted by Gasteiger charge is -1.92. The fourth-order valence-corrected chi connectivity index (χ4v) is 2.93. The van der Waals surface area contributed by atoms with Gasteiger partial charge in [-0.15, -0.1) is 11.3 Å². The van der Waals surface area contributed by atoms with Crippen LogP contribution in [-0.4, -0.2) is 4.98 Å². The van der Waals surface area contributed by atoms with Crippen molar-refractivity contribution >= 4 is 60.7 Å². The molecular weight excluding hydrogens is 293 g/mol. The van der Waals surface area contributed by atoms with E-state index in [1.165, 1.54) is 0 Å². The Labute approximate surface area is 97.8 Å². The molecule has 0 aliphatic rings. The van der Waals surface area contributed by atoms with Crippen molar-refractivity contribution in [1.82, 2.24) is 4.98 Å². The minimum Gasteiger partial charge on any atom is -0.240 e. The lowest BCUT2D eigenvalue weighted by Crippen LogP contribution is -1.72. The third kappa shape index (κ3) is 1.84. The molecule has 0 saturated heterocycles. The molecule has 0 spiro atoms. The molecule has 0 saturated carbocycles. The number of rotatable bonds is 1. The topological polar surface area (TPSA) is 12.9 Å². The van der Waals surface area contributed by atoms with Crippen LogP contribution in [0.15, 0.2) is 12.1 Å². The third-order valence-corrected chi connectivity index (χ3v) is 4.20. The van der Waals surface area contributed by atoms with Crippen molar-refractivity contribution in [2.45, 2.75) is 5.33 Å². The maximum Gasteiger partial charge on any atom is 0.104 e. The van der Waals surface area contributed by atoms with Gasteiger partial charge >= 0.3 is 0 Å². The monoisotopic (exact) mass is 295 g/mol. The van der Waals surface area contributed by atoms with Crippen LogP contribution in [0, 0.1) is 0 Å². The van der Waals surface area contributed by atoms with E-state index in [-0.39, 0.29) is 0 Å². The van der Waals surface area contributed by atoms with E-state index in [9.17, 15) is 0 Å². The quantitative estimate of drug-likeness (QED) is 0.706. The zero-order valence-corrected chi connectivity index (χ0v) is 10.3. The van der Waals surface area contributed by atoms with Crippen LogP contribution in [-0.2, 0) is 5.33 Å². The van der Waals surface area contributed by atoms with Crippen molar-refractivity contribution in [3.63, 3.8) is 0 Å². The number of fused-ring (bicyclic) bond motifs is 1. The molecule has 1 aromatic heterocycles. The van der Waals surface area contributed by atoms with E-state index in [1.54, 1.807) is 17.4 Å². The van der Waals surface area contributed by atoms with Crippen molar-refractivity contribution in [2.24, 2.45) is 0 Å². The molecule has 1 heterocycles. The molecule has 0 atom stereocenters. The molecule has 0 fully saturated rings. The third-order valence-electron chi connectivity index (χ3n) is 1.57. The van der Waals surface area contributed by atoms with Crippen molar-refractivity contribution in [1.29, 1.82) is 0 Å². The molecule has 1 aromatic carbocycles. The Balaban J connectivity index is 2.75. The Bertz CT molecular complexity index is 455. The van der Waals surface area contributed by atoms with Crippen LogP contribution in [0.5, 0.6) is 0 Å². The molecule has 5 heteroatoms. The highest BCUT2D eigenvalue weighted by molar-refractivity contribution is 9.08. The molecule has 68 valence electrons. The summed E-state index contributed by atoms with van der Waals surface area (Å²) in [6, 6.07) is 3.56. The SMILES string of the molecule is Clc1cc(Cl)c2sc(CBr)nc2c1. The van der Waals surface area contributed by atoms with E-state index in [0.29, 0.717) is 10.0 Å². The number of hydrogen-bond donors (Lipinski definition) is 0. The van der Waals surface area contributed by atoms with E-state index in [4.69, 9.17) is 23.2 Å². The van der Waals surface area contributed by atoms with Gasteiger partial charge in [-0.05, 0) is 12.1 Å². The first-order valence-corrected chi connectivity index (χ1v) is 6.20. The summed E-state index contributed by atoms with van der Waals surface area (Å²) in [7, 11) is 0. The van der Waals surface area contributed by atoms with Crippen LogP contribution >= 0.6 is 50.5 Å². The summed E-state index contributed by atoms with van der Waals surface area (Å²) in [4.78, 5) is 4.36. The van der Waals surface area contributed by atoms with Gasteiger partial charge in [-0.1, -0.05) is 39.1 Å². The predicted molar refractivity (Wildman–Crippen MR) is 62.3 cm³/mol. The van der Waals surface area contributed by atoms with Gasteiger partial charge in [-0.25, -0.2) is 4.98 Å². The second-order valence-corrected chi connectivity index (χ2v) is 4.97. The maximum atomic E-state index is 6.00. The summed E-state index contributed by atoms with van der Waals surface area (Å²) in [5.41, 5.74) is 0.872. The zero-order valence-electron chi connectivity index (χ0n) is 6.35. The van der Waals surface area contributed by atoms with Crippen LogP contribution in [0.1, 0.15) is 5.01 Å². The van der Waals surface area contributed by atoms with Gasteiger partial charge in [0.15, 0.2) is 0 Å². The summed E-state index contributed by atoms with van der Waals surface area (Å²) in [5.74, 6) is 0. The van der Waals surface area contributed by atoms with Crippen molar-refractivity contribution in [3.05, 3.63) is 27.2 Å². The molecule has 0 amide bonds. The highest BCUT2D eigenvalue weighted by atomic mass is 79.9. The van der Waals surface area contributed by atoms with E-state index in [0.717, 1.165) is 20.6 Å².